The Kier molecular flexibility index (Phi) is 7.06. The lowest BCUT2D eigenvalue weighted by Crippen LogP contribution is -2.24. The second kappa shape index (κ2) is 10.5. The van der Waals surface area contributed by atoms with E-state index in [0.29, 0.717) is 27.5 Å². The fourth-order valence-corrected chi connectivity index (χ4v) is 6.34. The smallest absolute Gasteiger partial charge is 0.267 e. The Balaban J connectivity index is 1.40. The van der Waals surface area contributed by atoms with E-state index in [4.69, 9.17) is 9.72 Å². The molecule has 0 radical (unpaired) electrons. The number of thiophene rings is 1. The third-order valence-corrected chi connectivity index (χ3v) is 8.07. The monoisotopic (exact) mass is 520 g/mol. The van der Waals surface area contributed by atoms with Crippen molar-refractivity contribution in [3.63, 3.8) is 0 Å². The molecule has 10 heteroatoms. The summed E-state index contributed by atoms with van der Waals surface area (Å²) >= 11 is 2.77. The number of phenolic OH excluding ortho intramolecular Hbond substituents is 1. The van der Waals surface area contributed by atoms with Gasteiger partial charge in [0, 0.05) is 10.4 Å². The number of hydrogen-bond acceptors (Lipinski definition) is 8. The summed E-state index contributed by atoms with van der Waals surface area (Å²) < 4.78 is 6.68. The molecule has 0 aliphatic heterocycles. The van der Waals surface area contributed by atoms with E-state index in [1.165, 1.54) is 30.0 Å². The summed E-state index contributed by atoms with van der Waals surface area (Å²) in [5.41, 5.74) is 4.62. The summed E-state index contributed by atoms with van der Waals surface area (Å²) in [5.74, 6) is -0.0954. The number of amides is 1. The van der Waals surface area contributed by atoms with Crippen LogP contribution < -0.4 is 15.7 Å². The van der Waals surface area contributed by atoms with Crippen molar-refractivity contribution in [2.45, 2.75) is 30.8 Å². The second-order valence-electron chi connectivity index (χ2n) is 8.24. The Morgan fingerprint density at radius 2 is 2.03 bits per heavy atom. The number of aromatic hydroxyl groups is 1. The minimum Gasteiger partial charge on any atom is -0.504 e. The van der Waals surface area contributed by atoms with E-state index in [2.05, 4.69) is 10.5 Å². The predicted molar refractivity (Wildman–Crippen MR) is 143 cm³/mol. The number of carbonyl (C=O) groups excluding carboxylic acids is 1. The van der Waals surface area contributed by atoms with E-state index in [1.807, 2.05) is 30.3 Å². The Morgan fingerprint density at radius 1 is 1.22 bits per heavy atom. The maximum atomic E-state index is 13.7. The molecule has 8 nitrogen and oxygen atoms in total. The van der Waals surface area contributed by atoms with Crippen molar-refractivity contribution in [2.24, 2.45) is 5.10 Å². The number of fused-ring (bicyclic) bond motifs is 3. The lowest BCUT2D eigenvalue weighted by atomic mass is 9.97. The maximum absolute atomic E-state index is 13.7. The van der Waals surface area contributed by atoms with Gasteiger partial charge in [-0.25, -0.2) is 10.4 Å². The molecule has 184 valence electrons. The summed E-state index contributed by atoms with van der Waals surface area (Å²) in [6, 6.07) is 14.4. The Labute approximate surface area is 215 Å². The van der Waals surface area contributed by atoms with Gasteiger partial charge in [-0.05, 0) is 55.5 Å². The highest BCUT2D eigenvalue weighted by Gasteiger charge is 2.23. The average molecular weight is 521 g/mol. The number of para-hydroxylation sites is 2. The SMILES string of the molecule is COc1cccc(/C=N/NC(=O)CSc2nc3sc4c(c3c(=O)n2-c2ccccc2)CCCC4)c1O. The molecule has 0 atom stereocenters. The summed E-state index contributed by atoms with van der Waals surface area (Å²) in [5, 5.41) is 15.3. The zero-order valence-electron chi connectivity index (χ0n) is 19.6. The van der Waals surface area contributed by atoms with Gasteiger partial charge < -0.3 is 9.84 Å². The number of hydrogen-bond donors (Lipinski definition) is 2. The first-order valence-electron chi connectivity index (χ1n) is 11.5. The summed E-state index contributed by atoms with van der Waals surface area (Å²) in [6.45, 7) is 0. The lowest BCUT2D eigenvalue weighted by molar-refractivity contribution is -0.118. The number of nitrogens with zero attached hydrogens (tertiary/aromatic N) is 3. The number of benzene rings is 2. The van der Waals surface area contributed by atoms with Crippen LogP contribution in [0.1, 0.15) is 28.8 Å². The lowest BCUT2D eigenvalue weighted by Gasteiger charge is -2.13. The van der Waals surface area contributed by atoms with Crippen LogP contribution in [0.4, 0.5) is 0 Å². The first-order valence-corrected chi connectivity index (χ1v) is 13.3. The van der Waals surface area contributed by atoms with E-state index in [0.717, 1.165) is 36.1 Å². The molecule has 1 aliphatic carbocycles. The van der Waals surface area contributed by atoms with Gasteiger partial charge in [-0.15, -0.1) is 11.3 Å². The molecule has 0 saturated carbocycles. The van der Waals surface area contributed by atoms with E-state index in [9.17, 15) is 14.7 Å². The number of rotatable bonds is 7. The molecule has 2 aromatic carbocycles. The number of carbonyl (C=O) groups is 1. The zero-order chi connectivity index (χ0) is 25.1. The van der Waals surface area contributed by atoms with Crippen LogP contribution in [0, 0.1) is 0 Å². The predicted octanol–water partition coefficient (Wildman–Crippen LogP) is 4.28. The van der Waals surface area contributed by atoms with Crippen LogP contribution >= 0.6 is 23.1 Å². The molecule has 0 spiro atoms. The van der Waals surface area contributed by atoms with Gasteiger partial charge in [0.2, 0.25) is 0 Å². The van der Waals surface area contributed by atoms with Crippen molar-refractivity contribution < 1.29 is 14.6 Å². The van der Waals surface area contributed by atoms with Crippen molar-refractivity contribution in [2.75, 3.05) is 12.9 Å². The Hall–Kier alpha value is -3.63. The van der Waals surface area contributed by atoms with Gasteiger partial charge >= 0.3 is 0 Å². The molecule has 2 aromatic heterocycles. The molecule has 5 rings (SSSR count). The van der Waals surface area contributed by atoms with E-state index in [-0.39, 0.29) is 23.0 Å². The number of ether oxygens (including phenoxy) is 1. The van der Waals surface area contributed by atoms with Gasteiger partial charge in [0.15, 0.2) is 16.7 Å². The Bertz CT molecular complexity index is 1510. The van der Waals surface area contributed by atoms with Gasteiger partial charge in [-0.1, -0.05) is 36.0 Å². The summed E-state index contributed by atoms with van der Waals surface area (Å²) in [6.07, 6.45) is 5.43. The number of aryl methyl sites for hydroxylation is 2. The van der Waals surface area contributed by atoms with Gasteiger partial charge in [0.1, 0.15) is 4.83 Å². The molecule has 2 N–H and O–H groups in total. The number of aromatic nitrogens is 2. The van der Waals surface area contributed by atoms with Crippen LogP contribution in [0.25, 0.3) is 15.9 Å². The molecule has 0 unspecified atom stereocenters. The van der Waals surface area contributed by atoms with Crippen LogP contribution in [0.3, 0.4) is 0 Å². The quantitative estimate of drug-likeness (QED) is 0.163. The van der Waals surface area contributed by atoms with E-state index >= 15 is 0 Å². The largest absolute Gasteiger partial charge is 0.504 e. The minimum atomic E-state index is -0.363. The number of hydrazone groups is 1. The van der Waals surface area contributed by atoms with Crippen molar-refractivity contribution in [1.29, 1.82) is 0 Å². The molecule has 0 fully saturated rings. The number of phenols is 1. The van der Waals surface area contributed by atoms with Crippen LogP contribution in [0.2, 0.25) is 0 Å². The van der Waals surface area contributed by atoms with Crippen LogP contribution in [-0.2, 0) is 17.6 Å². The molecule has 0 bridgehead atoms. The van der Waals surface area contributed by atoms with Crippen molar-refractivity contribution in [3.8, 4) is 17.2 Å². The van der Waals surface area contributed by atoms with Crippen molar-refractivity contribution >= 4 is 45.4 Å². The zero-order valence-corrected chi connectivity index (χ0v) is 21.2. The molecule has 4 aromatic rings. The first kappa shape index (κ1) is 24.1. The normalized spacial score (nSPS) is 13.1. The third kappa shape index (κ3) is 4.74. The van der Waals surface area contributed by atoms with Gasteiger partial charge in [-0.3, -0.25) is 14.2 Å². The summed E-state index contributed by atoms with van der Waals surface area (Å²) in [4.78, 5) is 33.0. The molecule has 1 amide bonds. The van der Waals surface area contributed by atoms with Gasteiger partial charge in [0.25, 0.3) is 11.5 Å². The standard InChI is InChI=1S/C26H24N4O4S2/c1-34-19-12-7-8-16(23(19)32)14-27-29-21(31)15-35-26-28-24-22(18-11-5-6-13-20(18)36-24)25(33)30(26)17-9-3-2-4-10-17/h2-4,7-10,12,14,32H,5-6,11,13,15H2,1H3,(H,29,31)/b27-14+. The van der Waals surface area contributed by atoms with Gasteiger partial charge in [-0.2, -0.15) is 5.10 Å². The Morgan fingerprint density at radius 3 is 2.83 bits per heavy atom. The number of nitrogens with one attached hydrogen (secondary N) is 1. The minimum absolute atomic E-state index is 0.0112. The molecule has 2 heterocycles. The van der Waals surface area contributed by atoms with Crippen molar-refractivity contribution in [3.05, 3.63) is 74.9 Å². The van der Waals surface area contributed by atoms with Gasteiger partial charge in [0.05, 0.1) is 30.2 Å². The molecule has 1 aliphatic rings. The van der Waals surface area contributed by atoms with E-state index in [1.54, 1.807) is 34.1 Å². The summed E-state index contributed by atoms with van der Waals surface area (Å²) in [7, 11) is 1.46. The van der Waals surface area contributed by atoms with Crippen LogP contribution in [0.15, 0.2) is 63.6 Å². The highest BCUT2D eigenvalue weighted by atomic mass is 32.2. The first-order chi connectivity index (χ1) is 17.6. The maximum Gasteiger partial charge on any atom is 0.267 e. The molecule has 36 heavy (non-hydrogen) atoms. The second-order valence-corrected chi connectivity index (χ2v) is 10.3. The average Bonchev–Trinajstić information content (AvgIpc) is 3.27. The number of methoxy groups -OCH3 is 1. The topological polar surface area (TPSA) is 106 Å². The highest BCUT2D eigenvalue weighted by Crippen LogP contribution is 2.35. The molecule has 0 saturated heterocycles. The highest BCUT2D eigenvalue weighted by molar-refractivity contribution is 7.99. The van der Waals surface area contributed by atoms with Crippen LogP contribution in [-0.4, -0.2) is 39.6 Å². The van der Waals surface area contributed by atoms with E-state index < -0.39 is 0 Å². The third-order valence-electron chi connectivity index (χ3n) is 5.95. The van der Waals surface area contributed by atoms with Crippen LogP contribution in [0.5, 0.6) is 11.5 Å². The fourth-order valence-electron chi connectivity index (χ4n) is 4.23. The molecular formula is C26H24N4O4S2. The number of thioether (sulfide) groups is 1. The van der Waals surface area contributed by atoms with Crippen molar-refractivity contribution in [1.82, 2.24) is 15.0 Å². The molecular weight excluding hydrogens is 496 g/mol. The fraction of sp³-hybridized carbons (Fsp3) is 0.231.